The topological polar surface area (TPSA) is 49.4 Å². The van der Waals surface area contributed by atoms with Crippen LogP contribution in [-0.2, 0) is 9.59 Å². The van der Waals surface area contributed by atoms with Crippen LogP contribution in [0.25, 0.3) is 0 Å². The maximum atomic E-state index is 12.6. The quantitative estimate of drug-likeness (QED) is 0.445. The van der Waals surface area contributed by atoms with Gasteiger partial charge in [0.1, 0.15) is 5.37 Å². The van der Waals surface area contributed by atoms with Crippen molar-refractivity contribution in [3.63, 3.8) is 0 Å². The Bertz CT molecular complexity index is 850. The van der Waals surface area contributed by atoms with Crippen LogP contribution in [0.1, 0.15) is 68.4 Å². The lowest BCUT2D eigenvalue weighted by molar-refractivity contribution is -0.117. The molecule has 1 atom stereocenters. The third-order valence-electron chi connectivity index (χ3n) is 5.39. The van der Waals surface area contributed by atoms with Crippen molar-refractivity contribution in [3.8, 4) is 0 Å². The Morgan fingerprint density at radius 2 is 1.80 bits per heavy atom. The van der Waals surface area contributed by atoms with Crippen molar-refractivity contribution in [1.29, 1.82) is 0 Å². The second-order valence-corrected chi connectivity index (χ2v) is 9.02. The first-order valence-electron chi connectivity index (χ1n) is 11.0. The average Bonchev–Trinajstić information content (AvgIpc) is 3.13. The van der Waals surface area contributed by atoms with Crippen LogP contribution in [0.5, 0.6) is 0 Å². The zero-order valence-corrected chi connectivity index (χ0v) is 18.8. The molecule has 2 amide bonds. The number of nitrogens with zero attached hydrogens (tertiary/aromatic N) is 1. The molecule has 0 aliphatic carbocycles. The molecular weight excluding hydrogens is 392 g/mol. The van der Waals surface area contributed by atoms with Gasteiger partial charge in [0, 0.05) is 17.8 Å². The number of aryl methyl sites for hydroxylation is 1. The first-order chi connectivity index (χ1) is 14.6. The molecule has 1 aliphatic rings. The van der Waals surface area contributed by atoms with Crippen LogP contribution in [0.15, 0.2) is 48.5 Å². The molecule has 0 aromatic heterocycles. The molecule has 0 bridgehead atoms. The van der Waals surface area contributed by atoms with Crippen molar-refractivity contribution >= 4 is 35.0 Å². The number of anilines is 2. The van der Waals surface area contributed by atoms with Crippen LogP contribution in [-0.4, -0.2) is 17.6 Å². The first kappa shape index (κ1) is 22.4. The van der Waals surface area contributed by atoms with Gasteiger partial charge in [-0.1, -0.05) is 68.9 Å². The summed E-state index contributed by atoms with van der Waals surface area (Å²) in [5.74, 6) is 0.646. The number of rotatable bonds is 10. The van der Waals surface area contributed by atoms with E-state index in [-0.39, 0.29) is 17.2 Å². The zero-order chi connectivity index (χ0) is 21.3. The summed E-state index contributed by atoms with van der Waals surface area (Å²) in [5.41, 5.74) is 3.92. The van der Waals surface area contributed by atoms with E-state index in [1.807, 2.05) is 60.4 Å². The van der Waals surface area contributed by atoms with E-state index in [1.54, 1.807) is 11.8 Å². The minimum atomic E-state index is -0.0735. The van der Waals surface area contributed by atoms with Gasteiger partial charge in [-0.15, -0.1) is 11.8 Å². The van der Waals surface area contributed by atoms with Crippen molar-refractivity contribution in [1.82, 2.24) is 0 Å². The van der Waals surface area contributed by atoms with E-state index in [0.717, 1.165) is 29.8 Å². The summed E-state index contributed by atoms with van der Waals surface area (Å²) in [7, 11) is 0. The standard InChI is InChI=1S/C25H32N2O2S/c1-3-4-5-6-7-8-12-23(28)26-21-11-9-10-20(17-21)25-27(24(29)18-30-25)22-15-13-19(2)14-16-22/h9-11,13-17,25H,3-8,12,18H2,1-2H3,(H,26,28)/t25-/m0/s1. The van der Waals surface area contributed by atoms with E-state index in [0.29, 0.717) is 12.2 Å². The Hall–Kier alpha value is -2.27. The molecule has 0 radical (unpaired) electrons. The molecule has 1 aliphatic heterocycles. The average molecular weight is 425 g/mol. The monoisotopic (exact) mass is 424 g/mol. The van der Waals surface area contributed by atoms with Gasteiger partial charge in [-0.3, -0.25) is 14.5 Å². The third-order valence-corrected chi connectivity index (χ3v) is 6.61. The fourth-order valence-corrected chi connectivity index (χ4v) is 4.88. The Morgan fingerprint density at radius 1 is 1.07 bits per heavy atom. The summed E-state index contributed by atoms with van der Waals surface area (Å²) in [6.07, 6.45) is 7.59. The second-order valence-electron chi connectivity index (χ2n) is 7.95. The Balaban J connectivity index is 1.61. The Morgan fingerprint density at radius 3 is 2.57 bits per heavy atom. The highest BCUT2D eigenvalue weighted by Gasteiger charge is 2.34. The Kier molecular flexibility index (Phi) is 8.38. The highest BCUT2D eigenvalue weighted by molar-refractivity contribution is 8.00. The number of carbonyl (C=O) groups excluding carboxylic acids is 2. The van der Waals surface area contributed by atoms with Crippen molar-refractivity contribution in [2.45, 2.75) is 64.2 Å². The number of amides is 2. The molecule has 1 saturated heterocycles. The highest BCUT2D eigenvalue weighted by atomic mass is 32.2. The molecule has 160 valence electrons. The summed E-state index contributed by atoms with van der Waals surface area (Å²) in [5, 5.41) is 2.96. The van der Waals surface area contributed by atoms with Crippen LogP contribution in [0.2, 0.25) is 0 Å². The van der Waals surface area contributed by atoms with Crippen molar-refractivity contribution in [2.24, 2.45) is 0 Å². The second kappa shape index (κ2) is 11.2. The number of nitrogens with one attached hydrogen (secondary N) is 1. The van der Waals surface area contributed by atoms with E-state index in [9.17, 15) is 9.59 Å². The molecule has 1 fully saturated rings. The molecule has 1 heterocycles. The highest BCUT2D eigenvalue weighted by Crippen LogP contribution is 2.42. The summed E-state index contributed by atoms with van der Waals surface area (Å²) in [4.78, 5) is 26.7. The number of hydrogen-bond donors (Lipinski definition) is 1. The molecule has 3 rings (SSSR count). The summed E-state index contributed by atoms with van der Waals surface area (Å²) < 4.78 is 0. The molecule has 5 heteroatoms. The van der Waals surface area contributed by atoms with Gasteiger partial charge >= 0.3 is 0 Å². The largest absolute Gasteiger partial charge is 0.326 e. The van der Waals surface area contributed by atoms with Crippen molar-refractivity contribution in [3.05, 3.63) is 59.7 Å². The molecule has 2 aromatic carbocycles. The summed E-state index contributed by atoms with van der Waals surface area (Å²) in [6.45, 7) is 4.25. The van der Waals surface area contributed by atoms with Crippen LogP contribution in [0, 0.1) is 6.92 Å². The molecule has 2 aromatic rings. The van der Waals surface area contributed by atoms with Crippen molar-refractivity contribution < 1.29 is 9.59 Å². The molecule has 4 nitrogen and oxygen atoms in total. The minimum absolute atomic E-state index is 0.0631. The van der Waals surface area contributed by atoms with Gasteiger partial charge in [-0.25, -0.2) is 0 Å². The lowest BCUT2D eigenvalue weighted by atomic mass is 10.1. The van der Waals surface area contributed by atoms with Crippen molar-refractivity contribution in [2.75, 3.05) is 16.0 Å². The molecule has 0 unspecified atom stereocenters. The van der Waals surface area contributed by atoms with Crippen LogP contribution in [0.4, 0.5) is 11.4 Å². The Labute approximate surface area is 184 Å². The fourth-order valence-electron chi connectivity index (χ4n) is 3.71. The van der Waals surface area contributed by atoms with Gasteiger partial charge in [0.15, 0.2) is 0 Å². The van der Waals surface area contributed by atoms with Gasteiger partial charge in [-0.05, 0) is 43.2 Å². The van der Waals surface area contributed by atoms with Gasteiger partial charge in [-0.2, -0.15) is 0 Å². The van der Waals surface area contributed by atoms with E-state index in [1.165, 1.54) is 31.2 Å². The maximum Gasteiger partial charge on any atom is 0.238 e. The molecule has 0 saturated carbocycles. The van der Waals surface area contributed by atoms with Gasteiger partial charge < -0.3 is 5.32 Å². The predicted octanol–water partition coefficient (Wildman–Crippen LogP) is 6.46. The molecule has 0 spiro atoms. The summed E-state index contributed by atoms with van der Waals surface area (Å²) in [6, 6.07) is 15.9. The summed E-state index contributed by atoms with van der Waals surface area (Å²) >= 11 is 1.63. The van der Waals surface area contributed by atoms with E-state index in [2.05, 4.69) is 12.2 Å². The van der Waals surface area contributed by atoms with Crippen LogP contribution in [0.3, 0.4) is 0 Å². The van der Waals surface area contributed by atoms with E-state index >= 15 is 0 Å². The number of benzene rings is 2. The first-order valence-corrected chi connectivity index (χ1v) is 12.0. The van der Waals surface area contributed by atoms with Crippen LogP contribution >= 0.6 is 11.8 Å². The number of hydrogen-bond acceptors (Lipinski definition) is 3. The molecule has 1 N–H and O–H groups in total. The maximum absolute atomic E-state index is 12.6. The number of carbonyl (C=O) groups is 2. The SMILES string of the molecule is CCCCCCCCC(=O)Nc1cccc([C@@H]2SCC(=O)N2c2ccc(C)cc2)c1. The number of unbranched alkanes of at least 4 members (excludes halogenated alkanes) is 5. The smallest absolute Gasteiger partial charge is 0.238 e. The van der Waals surface area contributed by atoms with Gasteiger partial charge in [0.05, 0.1) is 5.75 Å². The van der Waals surface area contributed by atoms with Gasteiger partial charge in [0.2, 0.25) is 11.8 Å². The van der Waals surface area contributed by atoms with Crippen LogP contribution < -0.4 is 10.2 Å². The number of thioether (sulfide) groups is 1. The van der Waals surface area contributed by atoms with Gasteiger partial charge in [0.25, 0.3) is 0 Å². The molecule has 30 heavy (non-hydrogen) atoms. The lowest BCUT2D eigenvalue weighted by Gasteiger charge is -2.25. The third kappa shape index (κ3) is 6.11. The predicted molar refractivity (Wildman–Crippen MR) is 127 cm³/mol. The fraction of sp³-hybridized carbons (Fsp3) is 0.440. The van der Waals surface area contributed by atoms with E-state index < -0.39 is 0 Å². The normalized spacial score (nSPS) is 16.1. The van der Waals surface area contributed by atoms with E-state index in [4.69, 9.17) is 0 Å². The minimum Gasteiger partial charge on any atom is -0.326 e. The molecular formula is C25H32N2O2S. The zero-order valence-electron chi connectivity index (χ0n) is 18.0. The lowest BCUT2D eigenvalue weighted by Crippen LogP contribution is -2.27.